The number of hydrogen-bond donors (Lipinski definition) is 0. The predicted molar refractivity (Wildman–Crippen MR) is 63.2 cm³/mol. The minimum Gasteiger partial charge on any atom is -0.371 e. The van der Waals surface area contributed by atoms with Crippen molar-refractivity contribution in [3.05, 3.63) is 33.0 Å². The van der Waals surface area contributed by atoms with Crippen LogP contribution in [0.1, 0.15) is 18.6 Å². The largest absolute Gasteiger partial charge is 0.371 e. The van der Waals surface area contributed by atoms with E-state index in [1.807, 2.05) is 6.92 Å². The Balaban J connectivity index is 2.08. The monoisotopic (exact) mass is 308 g/mol. The Morgan fingerprint density at radius 2 is 2.38 bits per heavy atom. The lowest BCUT2D eigenvalue weighted by Gasteiger charge is -2.15. The molecule has 5 heteroatoms. The lowest BCUT2D eigenvalue weighted by atomic mass is 10.1. The predicted octanol–water partition coefficient (Wildman–Crippen LogP) is 3.72. The molecule has 0 N–H and O–H groups in total. The van der Waals surface area contributed by atoms with E-state index in [9.17, 15) is 4.39 Å². The molecule has 1 fully saturated rings. The summed E-state index contributed by atoms with van der Waals surface area (Å²) >= 11 is 9.00. The van der Waals surface area contributed by atoms with Crippen molar-refractivity contribution in [2.75, 3.05) is 13.2 Å². The molecule has 1 aliphatic heterocycles. The molecule has 1 saturated heterocycles. The third-order valence-corrected chi connectivity index (χ3v) is 3.39. The fourth-order valence-corrected chi connectivity index (χ4v) is 2.32. The average Bonchev–Trinajstić information content (AvgIpc) is 3.03. The summed E-state index contributed by atoms with van der Waals surface area (Å²) in [5.41, 5.74) is 0.752. The van der Waals surface area contributed by atoms with Crippen LogP contribution in [0.5, 0.6) is 0 Å². The van der Waals surface area contributed by atoms with Crippen molar-refractivity contribution in [3.63, 3.8) is 0 Å². The van der Waals surface area contributed by atoms with E-state index in [0.717, 1.165) is 16.6 Å². The lowest BCUT2D eigenvalue weighted by Crippen LogP contribution is -2.07. The standard InChI is InChI=1S/C11H11BrClFO2/c1-6(15-4-7-5-16-7)8-2-11(14)10(13)3-9(8)12/h2-3,6-7H,4-5H2,1H3/t6-,7?/m1/s1. The molecule has 0 aliphatic carbocycles. The Kier molecular flexibility index (Phi) is 3.85. The van der Waals surface area contributed by atoms with Crippen molar-refractivity contribution >= 4 is 27.5 Å². The highest BCUT2D eigenvalue weighted by Crippen LogP contribution is 2.31. The molecule has 1 aromatic carbocycles. The first-order valence-corrected chi connectivity index (χ1v) is 6.12. The molecular weight excluding hydrogens is 298 g/mol. The van der Waals surface area contributed by atoms with Crippen molar-refractivity contribution in [1.29, 1.82) is 0 Å². The van der Waals surface area contributed by atoms with E-state index < -0.39 is 5.82 Å². The zero-order valence-electron chi connectivity index (χ0n) is 8.67. The molecule has 1 aliphatic rings. The lowest BCUT2D eigenvalue weighted by molar-refractivity contribution is 0.0533. The molecule has 1 heterocycles. The maximum atomic E-state index is 13.3. The zero-order valence-corrected chi connectivity index (χ0v) is 11.0. The number of halogens is 3. The second kappa shape index (κ2) is 5.00. The van der Waals surface area contributed by atoms with Crippen LogP contribution in [-0.2, 0) is 9.47 Å². The highest BCUT2D eigenvalue weighted by molar-refractivity contribution is 9.10. The summed E-state index contributed by atoms with van der Waals surface area (Å²) in [6, 6.07) is 2.94. The molecule has 88 valence electrons. The Morgan fingerprint density at radius 1 is 1.69 bits per heavy atom. The van der Waals surface area contributed by atoms with Gasteiger partial charge in [-0.3, -0.25) is 0 Å². The number of hydrogen-bond acceptors (Lipinski definition) is 2. The van der Waals surface area contributed by atoms with E-state index in [4.69, 9.17) is 21.1 Å². The quantitative estimate of drug-likeness (QED) is 0.624. The van der Waals surface area contributed by atoms with Gasteiger partial charge in [-0.15, -0.1) is 0 Å². The summed E-state index contributed by atoms with van der Waals surface area (Å²) in [6.07, 6.45) is 0.0173. The first-order chi connectivity index (χ1) is 7.58. The van der Waals surface area contributed by atoms with Gasteiger partial charge in [0.2, 0.25) is 0 Å². The Hall–Kier alpha value is -0.160. The first kappa shape index (κ1) is 12.3. The molecule has 0 amide bonds. The summed E-state index contributed by atoms with van der Waals surface area (Å²) in [7, 11) is 0. The smallest absolute Gasteiger partial charge is 0.142 e. The van der Waals surface area contributed by atoms with Gasteiger partial charge in [0, 0.05) is 4.47 Å². The molecule has 0 aromatic heterocycles. The fraction of sp³-hybridized carbons (Fsp3) is 0.455. The van der Waals surface area contributed by atoms with Gasteiger partial charge in [-0.25, -0.2) is 4.39 Å². The minimum absolute atomic E-state index is 0.105. The SMILES string of the molecule is C[C@@H](OCC1CO1)c1cc(F)c(Cl)cc1Br. The van der Waals surface area contributed by atoms with Crippen molar-refractivity contribution in [2.24, 2.45) is 0 Å². The molecule has 2 atom stereocenters. The number of epoxide rings is 1. The topological polar surface area (TPSA) is 21.8 Å². The highest BCUT2D eigenvalue weighted by Gasteiger charge is 2.24. The van der Waals surface area contributed by atoms with E-state index in [-0.39, 0.29) is 17.2 Å². The summed E-state index contributed by atoms with van der Waals surface area (Å²) in [6.45, 7) is 3.16. The van der Waals surface area contributed by atoms with Gasteiger partial charge in [0.25, 0.3) is 0 Å². The number of benzene rings is 1. The van der Waals surface area contributed by atoms with Crippen molar-refractivity contribution in [2.45, 2.75) is 19.1 Å². The Morgan fingerprint density at radius 3 is 3.00 bits per heavy atom. The van der Waals surface area contributed by atoms with Crippen LogP contribution in [0.3, 0.4) is 0 Å². The van der Waals surface area contributed by atoms with Crippen LogP contribution in [0.2, 0.25) is 5.02 Å². The third-order valence-electron chi connectivity index (χ3n) is 2.41. The number of rotatable bonds is 4. The van der Waals surface area contributed by atoms with Crippen molar-refractivity contribution in [3.8, 4) is 0 Å². The molecule has 0 bridgehead atoms. The van der Waals surface area contributed by atoms with Crippen molar-refractivity contribution in [1.82, 2.24) is 0 Å². The maximum absolute atomic E-state index is 13.3. The minimum atomic E-state index is -0.432. The molecule has 1 unspecified atom stereocenters. The highest BCUT2D eigenvalue weighted by atomic mass is 79.9. The van der Waals surface area contributed by atoms with E-state index >= 15 is 0 Å². The summed E-state index contributed by atoms with van der Waals surface area (Å²) in [5.74, 6) is -0.432. The molecule has 0 spiro atoms. The maximum Gasteiger partial charge on any atom is 0.142 e. The van der Waals surface area contributed by atoms with Crippen LogP contribution >= 0.6 is 27.5 Å². The molecule has 16 heavy (non-hydrogen) atoms. The summed E-state index contributed by atoms with van der Waals surface area (Å²) in [4.78, 5) is 0. The molecule has 2 nitrogen and oxygen atoms in total. The molecular formula is C11H11BrClFO2. The van der Waals surface area contributed by atoms with E-state index in [1.165, 1.54) is 6.07 Å². The van der Waals surface area contributed by atoms with Gasteiger partial charge < -0.3 is 9.47 Å². The van der Waals surface area contributed by atoms with Gasteiger partial charge in [0.05, 0.1) is 24.3 Å². The van der Waals surface area contributed by atoms with Crippen LogP contribution in [0, 0.1) is 5.82 Å². The van der Waals surface area contributed by atoms with Gasteiger partial charge in [-0.1, -0.05) is 27.5 Å². The van der Waals surface area contributed by atoms with Gasteiger partial charge in [0.15, 0.2) is 0 Å². The first-order valence-electron chi connectivity index (χ1n) is 4.95. The Labute approximate surface area is 107 Å². The number of ether oxygens (including phenoxy) is 2. The van der Waals surface area contributed by atoms with Crippen molar-refractivity contribution < 1.29 is 13.9 Å². The Bertz CT molecular complexity index is 396. The molecule has 0 radical (unpaired) electrons. The second-order valence-corrected chi connectivity index (χ2v) is 4.98. The van der Waals surface area contributed by atoms with E-state index in [1.54, 1.807) is 6.07 Å². The van der Waals surface area contributed by atoms with Crippen LogP contribution < -0.4 is 0 Å². The van der Waals surface area contributed by atoms with E-state index in [2.05, 4.69) is 15.9 Å². The van der Waals surface area contributed by atoms with Crippen LogP contribution in [0.15, 0.2) is 16.6 Å². The van der Waals surface area contributed by atoms with Gasteiger partial charge in [-0.2, -0.15) is 0 Å². The summed E-state index contributed by atoms with van der Waals surface area (Å²) < 4.78 is 24.6. The molecule has 1 aromatic rings. The average molecular weight is 310 g/mol. The van der Waals surface area contributed by atoms with Gasteiger partial charge >= 0.3 is 0 Å². The van der Waals surface area contributed by atoms with Crippen LogP contribution in [0.4, 0.5) is 4.39 Å². The normalized spacial score (nSPS) is 20.9. The van der Waals surface area contributed by atoms with Gasteiger partial charge in [-0.05, 0) is 24.6 Å². The molecule has 2 rings (SSSR count). The van der Waals surface area contributed by atoms with E-state index in [0.29, 0.717) is 6.61 Å². The second-order valence-electron chi connectivity index (χ2n) is 3.72. The fourth-order valence-electron chi connectivity index (χ4n) is 1.36. The third kappa shape index (κ3) is 2.94. The zero-order chi connectivity index (χ0) is 11.7. The van der Waals surface area contributed by atoms with Gasteiger partial charge in [0.1, 0.15) is 11.9 Å². The van der Waals surface area contributed by atoms with Crippen LogP contribution in [0.25, 0.3) is 0 Å². The molecule has 0 saturated carbocycles. The van der Waals surface area contributed by atoms with Crippen LogP contribution in [-0.4, -0.2) is 19.3 Å². The summed E-state index contributed by atoms with van der Waals surface area (Å²) in [5, 5.41) is 0.105.